The van der Waals surface area contributed by atoms with E-state index in [2.05, 4.69) is 27.5 Å². The molecule has 0 unspecified atom stereocenters. The Labute approximate surface area is 229 Å². The van der Waals surface area contributed by atoms with Crippen molar-refractivity contribution < 1.29 is 26.9 Å². The molecule has 1 saturated heterocycles. The zero-order valence-corrected chi connectivity index (χ0v) is 23.7. The zero-order valence-electron chi connectivity index (χ0n) is 22.0. The van der Waals surface area contributed by atoms with Crippen LogP contribution >= 0.6 is 18.9 Å². The summed E-state index contributed by atoms with van der Waals surface area (Å²) in [6.45, 7) is 4.35. The van der Waals surface area contributed by atoms with Crippen molar-refractivity contribution in [2.45, 2.75) is 29.2 Å². The number of hydrogen-bond donors (Lipinski definition) is 2. The number of nitrogens with zero attached hydrogens (tertiary/aromatic N) is 3. The number of halogens is 4. The van der Waals surface area contributed by atoms with Gasteiger partial charge in [-0.05, 0) is 51.1 Å². The molecule has 7 nitrogen and oxygen atoms in total. The summed E-state index contributed by atoms with van der Waals surface area (Å²) in [6.07, 6.45) is 2.51. The molecule has 3 aromatic heterocycles. The molecule has 0 radical (unpaired) electrons. The van der Waals surface area contributed by atoms with Crippen LogP contribution in [0.15, 0.2) is 41.7 Å². The molecule has 3 aromatic rings. The number of hydrogen-bond acceptors (Lipinski definition) is 7. The van der Waals surface area contributed by atoms with Crippen molar-refractivity contribution in [3.8, 4) is 17.6 Å². The molecule has 1 aliphatic rings. The highest BCUT2D eigenvalue weighted by Crippen LogP contribution is 2.41. The summed E-state index contributed by atoms with van der Waals surface area (Å²) in [5, 5.41) is 6.68. The summed E-state index contributed by atoms with van der Waals surface area (Å²) in [6, 6.07) is 6.14. The van der Waals surface area contributed by atoms with Crippen LogP contribution < -0.4 is 20.7 Å². The average molecular weight is 584 g/mol. The third-order valence-corrected chi connectivity index (χ3v) is 8.64. The van der Waals surface area contributed by atoms with Crippen molar-refractivity contribution in [3.05, 3.63) is 42.2 Å². The summed E-state index contributed by atoms with van der Waals surface area (Å²) < 4.78 is 74.2. The number of pyridine rings is 2. The van der Waals surface area contributed by atoms with E-state index in [-0.39, 0.29) is 28.9 Å². The maximum absolute atomic E-state index is 14.6. The Hall–Kier alpha value is -2.87. The van der Waals surface area contributed by atoms with E-state index < -0.39 is 24.9 Å². The number of aromatic nitrogens is 2. The standard InChI is InChI=1S/C26H30F4N5O2PS/c1-34-12-9-20(19(27)16-34)33-21-8-6-11-35-22(21)13-17(25(35)39-26(28,29)30)7-5-10-31-24-23(37-2)14-18(15-32-24)38(3,4)36/h6,8,11,13-15,19-20,33H,9-10,12,16H2,1-4H3,(H,31,32)/t19-,20+/m0/s1. The van der Waals surface area contributed by atoms with Crippen LogP contribution in [0, 0.1) is 11.8 Å². The summed E-state index contributed by atoms with van der Waals surface area (Å²) in [4.78, 5) is 6.17. The molecule has 13 heteroatoms. The van der Waals surface area contributed by atoms with Gasteiger partial charge in [0.25, 0.3) is 0 Å². The number of ether oxygens (including phenoxy) is 1. The van der Waals surface area contributed by atoms with Gasteiger partial charge >= 0.3 is 5.51 Å². The first-order chi connectivity index (χ1) is 18.4. The summed E-state index contributed by atoms with van der Waals surface area (Å²) in [5.74, 6) is 6.46. The second-order valence-electron chi connectivity index (χ2n) is 9.66. The molecule has 0 saturated carbocycles. The summed E-state index contributed by atoms with van der Waals surface area (Å²) in [5.41, 5.74) is -3.30. The van der Waals surface area contributed by atoms with Crippen LogP contribution in [0.2, 0.25) is 0 Å². The van der Waals surface area contributed by atoms with E-state index in [0.29, 0.717) is 41.0 Å². The fourth-order valence-corrected chi connectivity index (χ4v) is 5.76. The van der Waals surface area contributed by atoms with E-state index in [0.717, 1.165) is 6.54 Å². The molecule has 0 aliphatic carbocycles. The van der Waals surface area contributed by atoms with Crippen molar-refractivity contribution in [1.29, 1.82) is 0 Å². The highest BCUT2D eigenvalue weighted by molar-refractivity contribution is 8.00. The van der Waals surface area contributed by atoms with Gasteiger partial charge in [-0.3, -0.25) is 0 Å². The molecule has 39 heavy (non-hydrogen) atoms. The third-order valence-electron chi connectivity index (χ3n) is 6.31. The Morgan fingerprint density at radius 3 is 2.74 bits per heavy atom. The zero-order chi connectivity index (χ0) is 28.4. The molecule has 2 atom stereocenters. The molecule has 4 heterocycles. The van der Waals surface area contributed by atoms with Gasteiger partial charge in [-0.1, -0.05) is 11.8 Å². The van der Waals surface area contributed by atoms with Crippen LogP contribution in [-0.2, 0) is 4.57 Å². The van der Waals surface area contributed by atoms with Crippen molar-refractivity contribution in [3.63, 3.8) is 0 Å². The molecule has 1 aliphatic heterocycles. The Kier molecular flexibility index (Phi) is 8.74. The van der Waals surface area contributed by atoms with Crippen LogP contribution in [0.25, 0.3) is 5.52 Å². The monoisotopic (exact) mass is 583 g/mol. The van der Waals surface area contributed by atoms with E-state index in [1.54, 1.807) is 37.6 Å². The van der Waals surface area contributed by atoms with Crippen LogP contribution in [0.1, 0.15) is 12.0 Å². The number of anilines is 2. The molecule has 0 amide bonds. The van der Waals surface area contributed by atoms with Gasteiger partial charge in [0.05, 0.1) is 36.5 Å². The minimum absolute atomic E-state index is 0.0736. The molecule has 2 N–H and O–H groups in total. The van der Waals surface area contributed by atoms with Crippen LogP contribution in [0.3, 0.4) is 0 Å². The number of thioether (sulfide) groups is 1. The Balaban J connectivity index is 1.60. The summed E-state index contributed by atoms with van der Waals surface area (Å²) >= 11 is -0.244. The number of likely N-dealkylation sites (tertiary alicyclic amines) is 1. The van der Waals surface area contributed by atoms with E-state index in [1.165, 1.54) is 23.9 Å². The van der Waals surface area contributed by atoms with Gasteiger partial charge in [-0.2, -0.15) is 13.2 Å². The lowest BCUT2D eigenvalue weighted by molar-refractivity contribution is -0.0329. The van der Waals surface area contributed by atoms with E-state index in [9.17, 15) is 22.1 Å². The van der Waals surface area contributed by atoms with Crippen molar-refractivity contribution >= 4 is 41.2 Å². The van der Waals surface area contributed by atoms with Crippen LogP contribution in [0.5, 0.6) is 5.75 Å². The average Bonchev–Trinajstić information content (AvgIpc) is 3.19. The summed E-state index contributed by atoms with van der Waals surface area (Å²) in [7, 11) is 0.783. The Morgan fingerprint density at radius 1 is 1.31 bits per heavy atom. The number of rotatable bonds is 7. The van der Waals surface area contributed by atoms with E-state index in [1.807, 2.05) is 11.9 Å². The second-order valence-corrected chi connectivity index (χ2v) is 13.9. The normalized spacial score (nSPS) is 18.5. The molecular weight excluding hydrogens is 553 g/mol. The van der Waals surface area contributed by atoms with Gasteiger partial charge in [-0.15, -0.1) is 0 Å². The van der Waals surface area contributed by atoms with Crippen molar-refractivity contribution in [2.24, 2.45) is 0 Å². The molecular formula is C26H30F4N5O2PS. The topological polar surface area (TPSA) is 70.9 Å². The number of fused-ring (bicyclic) bond motifs is 1. The minimum atomic E-state index is -4.53. The first-order valence-electron chi connectivity index (χ1n) is 12.2. The molecule has 0 aromatic carbocycles. The molecule has 0 bridgehead atoms. The number of piperidine rings is 1. The lowest BCUT2D eigenvalue weighted by Crippen LogP contribution is -2.46. The maximum atomic E-state index is 14.6. The Bertz CT molecular complexity index is 1450. The minimum Gasteiger partial charge on any atom is -0.493 e. The lowest BCUT2D eigenvalue weighted by Gasteiger charge is -2.33. The number of alkyl halides is 4. The maximum Gasteiger partial charge on any atom is 0.447 e. The highest BCUT2D eigenvalue weighted by atomic mass is 32.2. The molecule has 210 valence electrons. The lowest BCUT2D eigenvalue weighted by atomic mass is 10.0. The third kappa shape index (κ3) is 7.21. The fraction of sp³-hybridized carbons (Fsp3) is 0.423. The molecule has 0 spiro atoms. The first kappa shape index (κ1) is 29.1. The molecule has 4 rings (SSSR count). The van der Waals surface area contributed by atoms with Gasteiger partial charge in [0.15, 0.2) is 11.6 Å². The van der Waals surface area contributed by atoms with Gasteiger partial charge in [0, 0.05) is 42.5 Å². The fourth-order valence-electron chi connectivity index (χ4n) is 4.30. The van der Waals surface area contributed by atoms with Gasteiger partial charge < -0.3 is 29.2 Å². The van der Waals surface area contributed by atoms with Crippen LogP contribution in [-0.4, -0.2) is 79.1 Å². The van der Waals surface area contributed by atoms with Crippen molar-refractivity contribution in [1.82, 2.24) is 14.3 Å². The van der Waals surface area contributed by atoms with E-state index in [4.69, 9.17) is 4.74 Å². The quantitative estimate of drug-likeness (QED) is 0.173. The number of nitrogens with one attached hydrogen (secondary N) is 2. The SMILES string of the molecule is COc1cc(P(C)(C)=O)cnc1NCC#Cc1cc2c(N[C@@H]3CCN(C)C[C@@H]3F)cccn2c1SC(F)(F)F. The largest absolute Gasteiger partial charge is 0.493 e. The predicted octanol–water partition coefficient (Wildman–Crippen LogP) is 5.12. The first-order valence-corrected chi connectivity index (χ1v) is 15.6. The number of methoxy groups -OCH3 is 1. The van der Waals surface area contributed by atoms with Gasteiger partial charge in [0.1, 0.15) is 18.3 Å². The Morgan fingerprint density at radius 2 is 2.08 bits per heavy atom. The van der Waals surface area contributed by atoms with Crippen LogP contribution in [0.4, 0.5) is 29.1 Å². The highest BCUT2D eigenvalue weighted by Gasteiger charge is 2.33. The van der Waals surface area contributed by atoms with Gasteiger partial charge in [-0.25, -0.2) is 9.37 Å². The smallest absolute Gasteiger partial charge is 0.447 e. The van der Waals surface area contributed by atoms with Crippen molar-refractivity contribution in [2.75, 3.05) is 57.8 Å². The van der Waals surface area contributed by atoms with Gasteiger partial charge in [0.2, 0.25) is 0 Å². The predicted molar refractivity (Wildman–Crippen MR) is 149 cm³/mol. The molecule has 1 fully saturated rings. The van der Waals surface area contributed by atoms with E-state index >= 15 is 0 Å². The second kappa shape index (κ2) is 11.7.